The second kappa shape index (κ2) is 6.30. The van der Waals surface area contributed by atoms with Gasteiger partial charge in [0.15, 0.2) is 0 Å². The molecule has 0 radical (unpaired) electrons. The zero-order chi connectivity index (χ0) is 16.7. The monoisotopic (exact) mass is 418 g/mol. The molecule has 0 spiro atoms. The molecule has 2 heterocycles. The minimum atomic E-state index is -0.906. The maximum absolute atomic E-state index is 11.1. The second-order valence-corrected chi connectivity index (χ2v) is 6.97. The summed E-state index contributed by atoms with van der Waals surface area (Å²) in [7, 11) is 0. The number of halogens is 3. The van der Waals surface area contributed by atoms with Crippen LogP contribution in [0.3, 0.4) is 0 Å². The van der Waals surface area contributed by atoms with Crippen LogP contribution >= 0.6 is 39.1 Å². The number of benzene rings is 1. The van der Waals surface area contributed by atoms with E-state index in [0.29, 0.717) is 36.0 Å². The molecule has 2 aromatic rings. The van der Waals surface area contributed by atoms with Crippen molar-refractivity contribution in [3.63, 3.8) is 0 Å². The molecule has 1 aromatic carbocycles. The Morgan fingerprint density at radius 2 is 2.09 bits per heavy atom. The number of hydrogen-bond acceptors (Lipinski definition) is 4. The first kappa shape index (κ1) is 16.5. The van der Waals surface area contributed by atoms with Crippen molar-refractivity contribution < 1.29 is 9.90 Å². The minimum Gasteiger partial charge on any atom is -0.465 e. The molecule has 0 saturated carbocycles. The lowest BCUT2D eigenvalue weighted by molar-refractivity contribution is 0.136. The van der Waals surface area contributed by atoms with Gasteiger partial charge in [0.1, 0.15) is 5.82 Å². The predicted octanol–water partition coefficient (Wildman–Crippen LogP) is 3.89. The molecule has 1 N–H and O–H groups in total. The first-order valence-corrected chi connectivity index (χ1v) is 8.48. The van der Waals surface area contributed by atoms with E-state index in [-0.39, 0.29) is 11.3 Å². The van der Waals surface area contributed by atoms with Gasteiger partial charge in [-0.05, 0) is 46.6 Å². The van der Waals surface area contributed by atoms with E-state index in [9.17, 15) is 4.79 Å². The van der Waals surface area contributed by atoms with Crippen molar-refractivity contribution in [2.24, 2.45) is 0 Å². The lowest BCUT2D eigenvalue weighted by Gasteiger charge is -2.39. The lowest BCUT2D eigenvalue weighted by atomic mass is 10.1. The Morgan fingerprint density at radius 3 is 2.74 bits per heavy atom. The van der Waals surface area contributed by atoms with Gasteiger partial charge in [0.2, 0.25) is 5.28 Å². The van der Waals surface area contributed by atoms with Crippen LogP contribution in [0.25, 0.3) is 10.9 Å². The van der Waals surface area contributed by atoms with Crippen molar-refractivity contribution in [3.05, 3.63) is 26.9 Å². The first-order chi connectivity index (χ1) is 10.9. The number of amides is 1. The molecule has 1 fully saturated rings. The summed E-state index contributed by atoms with van der Waals surface area (Å²) in [6.45, 7) is 3.32. The molecule has 1 saturated heterocycles. The normalized spacial score (nSPS) is 18.5. The number of anilines is 1. The molecule has 1 aliphatic rings. The van der Waals surface area contributed by atoms with Gasteiger partial charge < -0.3 is 14.9 Å². The van der Waals surface area contributed by atoms with Crippen LogP contribution in [0.2, 0.25) is 10.3 Å². The molecule has 9 heteroatoms. The maximum Gasteiger partial charge on any atom is 0.407 e. The highest BCUT2D eigenvalue weighted by Crippen LogP contribution is 2.34. The fourth-order valence-electron chi connectivity index (χ4n) is 2.74. The van der Waals surface area contributed by atoms with E-state index in [4.69, 9.17) is 28.3 Å². The van der Waals surface area contributed by atoms with Crippen LogP contribution in [-0.2, 0) is 0 Å². The number of rotatable bonds is 1. The fraction of sp³-hybridized carbons (Fsp3) is 0.357. The number of carboxylic acid groups (broad SMARTS) is 1. The van der Waals surface area contributed by atoms with Gasteiger partial charge in [0, 0.05) is 35.5 Å². The van der Waals surface area contributed by atoms with Gasteiger partial charge >= 0.3 is 6.09 Å². The van der Waals surface area contributed by atoms with E-state index >= 15 is 0 Å². The van der Waals surface area contributed by atoms with Crippen LogP contribution in [0.4, 0.5) is 10.6 Å². The Kier molecular flexibility index (Phi) is 4.53. The Balaban J connectivity index is 2.06. The Bertz CT molecular complexity index is 789. The molecule has 1 aromatic heterocycles. The zero-order valence-electron chi connectivity index (χ0n) is 12.1. The van der Waals surface area contributed by atoms with Crippen molar-refractivity contribution in [2.75, 3.05) is 24.5 Å². The van der Waals surface area contributed by atoms with E-state index in [0.717, 1.165) is 9.86 Å². The standard InChI is InChI=1S/C14H13BrCl2N4O2/c1-7-6-20(14(22)23)2-3-21(7)12-8-4-9(15)10(16)5-11(8)18-13(17)19-12/h4-5,7H,2-3,6H2,1H3,(H,22,23)/t7-/m0/s1. The highest BCUT2D eigenvalue weighted by atomic mass is 79.9. The predicted molar refractivity (Wildman–Crippen MR) is 93.7 cm³/mol. The number of fused-ring (bicyclic) bond motifs is 1. The molecule has 0 bridgehead atoms. The van der Waals surface area contributed by atoms with Gasteiger partial charge in [0.05, 0.1) is 10.5 Å². The van der Waals surface area contributed by atoms with Crippen LogP contribution in [-0.4, -0.2) is 51.7 Å². The molecule has 6 nitrogen and oxygen atoms in total. The van der Waals surface area contributed by atoms with E-state index in [1.807, 2.05) is 13.0 Å². The second-order valence-electron chi connectivity index (χ2n) is 5.37. The number of carbonyl (C=O) groups is 1. The van der Waals surface area contributed by atoms with Gasteiger partial charge in [0.25, 0.3) is 0 Å². The van der Waals surface area contributed by atoms with Gasteiger partial charge in [-0.25, -0.2) is 9.78 Å². The van der Waals surface area contributed by atoms with Crippen LogP contribution in [0.1, 0.15) is 6.92 Å². The Morgan fingerprint density at radius 1 is 1.35 bits per heavy atom. The summed E-state index contributed by atoms with van der Waals surface area (Å²) in [5.41, 5.74) is 0.654. The average Bonchev–Trinajstić information content (AvgIpc) is 2.48. The smallest absolute Gasteiger partial charge is 0.407 e. The molecule has 0 unspecified atom stereocenters. The van der Waals surface area contributed by atoms with Gasteiger partial charge in [-0.15, -0.1) is 0 Å². The highest BCUT2D eigenvalue weighted by molar-refractivity contribution is 9.10. The summed E-state index contributed by atoms with van der Waals surface area (Å²) < 4.78 is 0.746. The third kappa shape index (κ3) is 3.18. The maximum atomic E-state index is 11.1. The lowest BCUT2D eigenvalue weighted by Crippen LogP contribution is -2.53. The SMILES string of the molecule is C[C@H]1CN(C(=O)O)CCN1c1nc(Cl)nc2cc(Cl)c(Br)cc12. The van der Waals surface area contributed by atoms with E-state index in [1.165, 1.54) is 4.90 Å². The molecule has 3 rings (SSSR count). The van der Waals surface area contributed by atoms with Crippen molar-refractivity contribution in [1.29, 1.82) is 0 Å². The topological polar surface area (TPSA) is 69.6 Å². The van der Waals surface area contributed by atoms with Crippen molar-refractivity contribution in [1.82, 2.24) is 14.9 Å². The molecule has 1 amide bonds. The number of hydrogen-bond donors (Lipinski definition) is 1. The van der Waals surface area contributed by atoms with Crippen LogP contribution in [0.5, 0.6) is 0 Å². The summed E-state index contributed by atoms with van der Waals surface area (Å²) in [5.74, 6) is 0.690. The molecular formula is C14H13BrCl2N4O2. The highest BCUT2D eigenvalue weighted by Gasteiger charge is 2.29. The van der Waals surface area contributed by atoms with Gasteiger partial charge in [-0.3, -0.25) is 0 Å². The summed E-state index contributed by atoms with van der Waals surface area (Å²) in [5, 5.41) is 10.6. The number of piperazine rings is 1. The summed E-state index contributed by atoms with van der Waals surface area (Å²) in [6.07, 6.45) is -0.906. The van der Waals surface area contributed by atoms with E-state index in [2.05, 4.69) is 30.8 Å². The quantitative estimate of drug-likeness (QED) is 0.710. The summed E-state index contributed by atoms with van der Waals surface area (Å²) >= 11 is 15.6. The van der Waals surface area contributed by atoms with Crippen molar-refractivity contribution in [2.45, 2.75) is 13.0 Å². The van der Waals surface area contributed by atoms with E-state index in [1.54, 1.807) is 6.07 Å². The minimum absolute atomic E-state index is 0.0246. The molecule has 1 atom stereocenters. The fourth-order valence-corrected chi connectivity index (χ4v) is 3.42. The molecule has 0 aliphatic carbocycles. The number of nitrogens with zero attached hydrogens (tertiary/aromatic N) is 4. The molecular weight excluding hydrogens is 407 g/mol. The Labute approximate surface area is 151 Å². The average molecular weight is 420 g/mol. The summed E-state index contributed by atoms with van der Waals surface area (Å²) in [6, 6.07) is 3.57. The first-order valence-electron chi connectivity index (χ1n) is 6.93. The number of aromatic nitrogens is 2. The molecule has 122 valence electrons. The Hall–Kier alpha value is -1.31. The van der Waals surface area contributed by atoms with Crippen molar-refractivity contribution in [3.8, 4) is 0 Å². The van der Waals surface area contributed by atoms with Crippen LogP contribution in [0.15, 0.2) is 16.6 Å². The van der Waals surface area contributed by atoms with Gasteiger partial charge in [-0.2, -0.15) is 4.98 Å². The summed E-state index contributed by atoms with van der Waals surface area (Å²) in [4.78, 5) is 23.2. The van der Waals surface area contributed by atoms with Crippen LogP contribution in [0, 0.1) is 0 Å². The molecule has 23 heavy (non-hydrogen) atoms. The van der Waals surface area contributed by atoms with Crippen LogP contribution < -0.4 is 4.90 Å². The third-order valence-electron chi connectivity index (χ3n) is 3.86. The van der Waals surface area contributed by atoms with Crippen molar-refractivity contribution >= 4 is 61.9 Å². The van der Waals surface area contributed by atoms with Gasteiger partial charge in [-0.1, -0.05) is 11.6 Å². The third-order valence-corrected chi connectivity index (χ3v) is 5.23. The molecule has 1 aliphatic heterocycles. The zero-order valence-corrected chi connectivity index (χ0v) is 15.2. The largest absolute Gasteiger partial charge is 0.465 e. The van der Waals surface area contributed by atoms with E-state index < -0.39 is 6.09 Å².